The predicted octanol–water partition coefficient (Wildman–Crippen LogP) is 5.29. The Morgan fingerprint density at radius 1 is 1.06 bits per heavy atom. The van der Waals surface area contributed by atoms with E-state index in [1.165, 1.54) is 22.3 Å². The molecule has 5 heteroatoms. The number of fused-ring (bicyclic) bond motifs is 4. The normalized spacial score (nSPS) is 27.9. The summed E-state index contributed by atoms with van der Waals surface area (Å²) in [7, 11) is 0. The summed E-state index contributed by atoms with van der Waals surface area (Å²) in [5.74, 6) is -0.164. The Labute approximate surface area is 205 Å². The van der Waals surface area contributed by atoms with Gasteiger partial charge in [-0.25, -0.2) is 4.79 Å². The van der Waals surface area contributed by atoms with Gasteiger partial charge in [0.05, 0.1) is 0 Å². The average Bonchev–Trinajstić information content (AvgIpc) is 3.52. The molecule has 2 aromatic rings. The van der Waals surface area contributed by atoms with E-state index in [2.05, 4.69) is 36.5 Å². The molecule has 180 valence electrons. The van der Waals surface area contributed by atoms with Gasteiger partial charge in [0.1, 0.15) is 12.2 Å². The van der Waals surface area contributed by atoms with E-state index >= 15 is 0 Å². The van der Waals surface area contributed by atoms with Crippen LogP contribution in [0.2, 0.25) is 0 Å². The monoisotopic (exact) mass is 469 g/mol. The Morgan fingerprint density at radius 3 is 2.26 bits per heavy atom. The van der Waals surface area contributed by atoms with E-state index in [1.54, 1.807) is 6.92 Å². The van der Waals surface area contributed by atoms with Crippen molar-refractivity contribution in [1.29, 1.82) is 0 Å². The summed E-state index contributed by atoms with van der Waals surface area (Å²) in [5, 5.41) is 14.0. The first-order chi connectivity index (χ1) is 16.7. The highest BCUT2D eigenvalue weighted by Crippen LogP contribution is 2.65. The third-order valence-corrected chi connectivity index (χ3v) is 8.92. The number of carbonyl (C=O) groups excluding carboxylic acids is 2. The van der Waals surface area contributed by atoms with E-state index in [1.807, 2.05) is 37.3 Å². The van der Waals surface area contributed by atoms with Crippen LogP contribution in [-0.4, -0.2) is 35.7 Å². The van der Waals surface area contributed by atoms with Crippen molar-refractivity contribution in [1.82, 2.24) is 5.32 Å². The van der Waals surface area contributed by atoms with Gasteiger partial charge < -0.3 is 15.2 Å². The number of Topliss-reactive ketones (excluding diaryl/α,β-unsaturated/α-hetero) is 1. The summed E-state index contributed by atoms with van der Waals surface area (Å²) in [6, 6.07) is 16.5. The molecule has 0 aromatic heterocycles. The van der Waals surface area contributed by atoms with Crippen LogP contribution >= 0.6 is 0 Å². The Bertz CT molecular complexity index is 1280. The van der Waals surface area contributed by atoms with Gasteiger partial charge in [-0.1, -0.05) is 67.1 Å². The molecule has 0 unspecified atom stereocenters. The minimum Gasteiger partial charge on any atom is -0.449 e. The lowest BCUT2D eigenvalue weighted by Gasteiger charge is -2.38. The highest BCUT2D eigenvalue weighted by molar-refractivity contribution is 6.09. The van der Waals surface area contributed by atoms with E-state index in [0.29, 0.717) is 18.5 Å². The van der Waals surface area contributed by atoms with E-state index in [4.69, 9.17) is 4.74 Å². The van der Waals surface area contributed by atoms with E-state index in [0.717, 1.165) is 24.0 Å². The van der Waals surface area contributed by atoms with Gasteiger partial charge in [0.25, 0.3) is 0 Å². The van der Waals surface area contributed by atoms with Crippen LogP contribution in [0.1, 0.15) is 57.1 Å². The van der Waals surface area contributed by atoms with Crippen molar-refractivity contribution < 1.29 is 19.4 Å². The Morgan fingerprint density at radius 2 is 1.66 bits per heavy atom. The lowest BCUT2D eigenvalue weighted by molar-refractivity contribution is -0.137. The van der Waals surface area contributed by atoms with Crippen molar-refractivity contribution in [2.24, 2.45) is 10.8 Å². The van der Waals surface area contributed by atoms with Gasteiger partial charge in [-0.15, -0.1) is 0 Å². The number of carbonyl (C=O) groups is 2. The first-order valence-corrected chi connectivity index (χ1v) is 12.5. The maximum atomic E-state index is 13.1. The highest BCUT2D eigenvalue weighted by Gasteiger charge is 2.65. The number of rotatable bonds is 4. The number of nitrogens with one attached hydrogen (secondary N) is 1. The molecule has 0 bridgehead atoms. The zero-order valence-corrected chi connectivity index (χ0v) is 20.5. The average molecular weight is 470 g/mol. The van der Waals surface area contributed by atoms with E-state index in [9.17, 15) is 14.7 Å². The molecule has 4 aliphatic rings. The van der Waals surface area contributed by atoms with Crippen molar-refractivity contribution in [3.8, 4) is 11.1 Å². The molecular formula is C30H31NO4. The second-order valence-electron chi connectivity index (χ2n) is 11.2. The molecule has 0 saturated heterocycles. The molecule has 0 heterocycles. The molecule has 6 rings (SSSR count). The molecule has 1 amide bonds. The van der Waals surface area contributed by atoms with Crippen LogP contribution in [0.5, 0.6) is 0 Å². The fourth-order valence-corrected chi connectivity index (χ4v) is 6.68. The zero-order valence-electron chi connectivity index (χ0n) is 20.5. The summed E-state index contributed by atoms with van der Waals surface area (Å²) in [6.45, 7) is 6.40. The van der Waals surface area contributed by atoms with Crippen LogP contribution < -0.4 is 5.32 Å². The number of allylic oxidation sites excluding steroid dienone is 1. The summed E-state index contributed by atoms with van der Waals surface area (Å²) in [4.78, 5) is 25.9. The minimum atomic E-state index is -1.35. The molecule has 1 saturated carbocycles. The summed E-state index contributed by atoms with van der Waals surface area (Å²) < 4.78 is 5.69. The van der Waals surface area contributed by atoms with Gasteiger partial charge in [0.2, 0.25) is 0 Å². The number of amides is 1. The number of alkyl carbamates (subject to hydrolysis) is 1. The fourth-order valence-electron chi connectivity index (χ4n) is 6.68. The molecule has 2 N–H and O–H groups in total. The van der Waals surface area contributed by atoms with Crippen LogP contribution in [-0.2, 0) is 9.53 Å². The summed E-state index contributed by atoms with van der Waals surface area (Å²) >= 11 is 0. The first kappa shape index (κ1) is 22.3. The topological polar surface area (TPSA) is 75.6 Å². The van der Waals surface area contributed by atoms with Crippen molar-refractivity contribution in [2.75, 3.05) is 13.2 Å². The third-order valence-electron chi connectivity index (χ3n) is 8.92. The number of ether oxygens (including phenoxy) is 1. The van der Waals surface area contributed by atoms with Crippen LogP contribution in [0.15, 0.2) is 71.3 Å². The lowest BCUT2D eigenvalue weighted by Crippen LogP contribution is -2.49. The highest BCUT2D eigenvalue weighted by atomic mass is 16.5. The molecule has 2 aromatic carbocycles. The molecular weight excluding hydrogens is 438 g/mol. The number of aliphatic hydroxyl groups is 1. The molecule has 1 spiro atoms. The SMILES string of the molecule is CC1=C2C[C@](C)(CNC(=O)OCC3c4ccccc4-c4ccccc43)C=C2C(=O)[C@](C)(O)C12CC2. The summed E-state index contributed by atoms with van der Waals surface area (Å²) in [5.41, 5.74) is 5.42. The van der Waals surface area contributed by atoms with Crippen LogP contribution in [0, 0.1) is 10.8 Å². The van der Waals surface area contributed by atoms with Crippen molar-refractivity contribution in [2.45, 2.75) is 51.6 Å². The number of hydrogen-bond donors (Lipinski definition) is 2. The van der Waals surface area contributed by atoms with E-state index < -0.39 is 22.5 Å². The van der Waals surface area contributed by atoms with Crippen molar-refractivity contribution in [3.63, 3.8) is 0 Å². The molecule has 0 radical (unpaired) electrons. The zero-order chi connectivity index (χ0) is 24.6. The molecule has 35 heavy (non-hydrogen) atoms. The van der Waals surface area contributed by atoms with Crippen LogP contribution in [0.3, 0.4) is 0 Å². The fraction of sp³-hybridized carbons (Fsp3) is 0.400. The van der Waals surface area contributed by atoms with Crippen molar-refractivity contribution >= 4 is 11.9 Å². The second-order valence-corrected chi connectivity index (χ2v) is 11.2. The molecule has 1 fully saturated rings. The Balaban J connectivity index is 1.14. The molecule has 2 atom stereocenters. The molecule has 4 aliphatic carbocycles. The Hall–Kier alpha value is -3.18. The number of hydrogen-bond acceptors (Lipinski definition) is 4. The Kier molecular flexibility index (Phi) is 4.72. The van der Waals surface area contributed by atoms with Gasteiger partial charge in [0, 0.05) is 28.9 Å². The van der Waals surface area contributed by atoms with Crippen LogP contribution in [0.25, 0.3) is 11.1 Å². The van der Waals surface area contributed by atoms with Crippen molar-refractivity contribution in [3.05, 3.63) is 82.5 Å². The van der Waals surface area contributed by atoms with Gasteiger partial charge in [0.15, 0.2) is 5.78 Å². The summed E-state index contributed by atoms with van der Waals surface area (Å²) in [6.07, 6.45) is 3.87. The third kappa shape index (κ3) is 3.17. The first-order valence-electron chi connectivity index (χ1n) is 12.5. The largest absolute Gasteiger partial charge is 0.449 e. The standard InChI is InChI=1S/C30H31NO4/c1-18-23-14-28(2,15-24(23)26(32)29(3,34)30(18)12-13-30)17-31-27(33)35-16-25-21-10-6-4-8-19(21)20-9-5-7-11-22(20)25/h4-11,15,25,34H,12-14,16-17H2,1-3H3,(H,31,33)/t28-,29-/m0/s1. The number of benzene rings is 2. The molecule has 5 nitrogen and oxygen atoms in total. The maximum absolute atomic E-state index is 13.1. The maximum Gasteiger partial charge on any atom is 0.407 e. The smallest absolute Gasteiger partial charge is 0.407 e. The number of ketones is 1. The second kappa shape index (κ2) is 7.41. The van der Waals surface area contributed by atoms with Gasteiger partial charge >= 0.3 is 6.09 Å². The lowest BCUT2D eigenvalue weighted by atomic mass is 9.68. The molecule has 0 aliphatic heterocycles. The minimum absolute atomic E-state index is 0.0163. The van der Waals surface area contributed by atoms with E-state index in [-0.39, 0.29) is 18.3 Å². The van der Waals surface area contributed by atoms with Gasteiger partial charge in [-0.05, 0) is 60.9 Å². The van der Waals surface area contributed by atoms with Gasteiger partial charge in [-0.3, -0.25) is 4.79 Å². The van der Waals surface area contributed by atoms with Gasteiger partial charge in [-0.2, -0.15) is 0 Å². The quantitative estimate of drug-likeness (QED) is 0.638. The predicted molar refractivity (Wildman–Crippen MR) is 134 cm³/mol. The van der Waals surface area contributed by atoms with Crippen LogP contribution in [0.4, 0.5) is 4.79 Å².